The highest BCUT2D eigenvalue weighted by molar-refractivity contribution is 5.80. The molecule has 31 heavy (non-hydrogen) atoms. The Morgan fingerprint density at radius 1 is 1.23 bits per heavy atom. The minimum Gasteiger partial charge on any atom is -0.355 e. The first-order valence-corrected chi connectivity index (χ1v) is 11.4. The molecule has 2 N–H and O–H groups in total. The van der Waals surface area contributed by atoms with Gasteiger partial charge in [-0.1, -0.05) is 13.0 Å². The third-order valence-corrected chi connectivity index (χ3v) is 6.47. The van der Waals surface area contributed by atoms with Crippen molar-refractivity contribution in [3.8, 4) is 0 Å². The Morgan fingerprint density at radius 3 is 2.87 bits per heavy atom. The second-order valence-electron chi connectivity index (χ2n) is 8.46. The van der Waals surface area contributed by atoms with Crippen LogP contribution in [0.25, 0.3) is 0 Å². The van der Waals surface area contributed by atoms with Crippen LogP contribution in [0.15, 0.2) is 29.4 Å². The molecule has 0 aromatic carbocycles. The Morgan fingerprint density at radius 2 is 2.13 bits per heavy atom. The Balaban J connectivity index is 1.40. The van der Waals surface area contributed by atoms with Crippen LogP contribution in [-0.2, 0) is 13.6 Å². The number of hydrogen-bond donors (Lipinski definition) is 2. The highest BCUT2D eigenvalue weighted by atomic mass is 15.3. The second-order valence-corrected chi connectivity index (χ2v) is 8.46. The second kappa shape index (κ2) is 10.1. The van der Waals surface area contributed by atoms with Crippen molar-refractivity contribution in [2.75, 3.05) is 37.6 Å². The van der Waals surface area contributed by atoms with Gasteiger partial charge in [-0.2, -0.15) is 0 Å². The van der Waals surface area contributed by atoms with E-state index in [1.165, 1.54) is 19.4 Å². The number of anilines is 1. The first-order chi connectivity index (χ1) is 15.1. The zero-order valence-corrected chi connectivity index (χ0v) is 19.0. The van der Waals surface area contributed by atoms with E-state index in [0.29, 0.717) is 18.6 Å². The van der Waals surface area contributed by atoms with E-state index in [1.54, 1.807) is 0 Å². The molecule has 2 aromatic heterocycles. The number of aromatic nitrogens is 4. The van der Waals surface area contributed by atoms with Crippen LogP contribution < -0.4 is 15.5 Å². The van der Waals surface area contributed by atoms with Gasteiger partial charge in [-0.25, -0.2) is 9.98 Å². The molecule has 168 valence electrons. The third-order valence-electron chi connectivity index (χ3n) is 6.47. The molecule has 4 rings (SSSR count). The summed E-state index contributed by atoms with van der Waals surface area (Å²) in [4.78, 5) is 14.2. The standard InChI is InChI=1S/C22H35N9/c1-4-30-12-7-8-19(30)14-24-22(25-15-21-28-27-17(2)29(21)3)26-18-10-13-31(16-18)20-9-5-6-11-23-20/h5-6,9,11,18-19H,4,7-8,10,12-16H2,1-3H3,(H2,24,25,26). The van der Waals surface area contributed by atoms with Gasteiger partial charge in [0, 0.05) is 45.0 Å². The lowest BCUT2D eigenvalue weighted by molar-refractivity contribution is 0.267. The van der Waals surface area contributed by atoms with Crippen LogP contribution in [-0.4, -0.2) is 75.4 Å². The normalized spacial score (nSPS) is 22.3. The number of aryl methyl sites for hydroxylation is 1. The van der Waals surface area contributed by atoms with Crippen molar-refractivity contribution in [1.82, 2.24) is 35.3 Å². The van der Waals surface area contributed by atoms with Crippen molar-refractivity contribution in [2.45, 2.75) is 51.7 Å². The smallest absolute Gasteiger partial charge is 0.192 e. The predicted molar refractivity (Wildman–Crippen MR) is 123 cm³/mol. The van der Waals surface area contributed by atoms with Gasteiger partial charge in [0.15, 0.2) is 11.8 Å². The van der Waals surface area contributed by atoms with Crippen molar-refractivity contribution in [3.05, 3.63) is 36.0 Å². The minimum atomic E-state index is 0.334. The summed E-state index contributed by atoms with van der Waals surface area (Å²) in [6, 6.07) is 6.98. The number of aliphatic imine (C=N–C) groups is 1. The molecule has 4 heterocycles. The molecule has 2 aromatic rings. The van der Waals surface area contributed by atoms with Crippen LogP contribution in [0, 0.1) is 6.92 Å². The lowest BCUT2D eigenvalue weighted by atomic mass is 10.2. The number of rotatable bonds is 7. The van der Waals surface area contributed by atoms with Gasteiger partial charge in [-0.15, -0.1) is 10.2 Å². The van der Waals surface area contributed by atoms with Crippen LogP contribution in [0.4, 0.5) is 5.82 Å². The zero-order valence-electron chi connectivity index (χ0n) is 19.0. The summed E-state index contributed by atoms with van der Waals surface area (Å²) in [5.41, 5.74) is 0. The van der Waals surface area contributed by atoms with Crippen molar-refractivity contribution < 1.29 is 0 Å². The molecule has 0 amide bonds. The van der Waals surface area contributed by atoms with E-state index in [4.69, 9.17) is 4.99 Å². The number of nitrogens with one attached hydrogen (secondary N) is 2. The van der Waals surface area contributed by atoms with Gasteiger partial charge in [0.05, 0.1) is 0 Å². The van der Waals surface area contributed by atoms with E-state index in [0.717, 1.165) is 56.0 Å². The van der Waals surface area contributed by atoms with Crippen LogP contribution in [0.1, 0.15) is 37.8 Å². The zero-order chi connectivity index (χ0) is 21.6. The molecular formula is C22H35N9. The van der Waals surface area contributed by atoms with Crippen molar-refractivity contribution in [2.24, 2.45) is 12.0 Å². The molecule has 0 bridgehead atoms. The van der Waals surface area contributed by atoms with Gasteiger partial charge >= 0.3 is 0 Å². The fraction of sp³-hybridized carbons (Fsp3) is 0.636. The molecule has 0 saturated carbocycles. The Labute approximate surface area is 185 Å². The average Bonchev–Trinajstić information content (AvgIpc) is 3.52. The molecule has 2 unspecified atom stereocenters. The van der Waals surface area contributed by atoms with E-state index < -0.39 is 0 Å². The van der Waals surface area contributed by atoms with Crippen molar-refractivity contribution >= 4 is 11.8 Å². The minimum absolute atomic E-state index is 0.334. The van der Waals surface area contributed by atoms with E-state index >= 15 is 0 Å². The fourth-order valence-corrected chi connectivity index (χ4v) is 4.47. The summed E-state index contributed by atoms with van der Waals surface area (Å²) in [7, 11) is 1.99. The molecule has 2 fully saturated rings. The van der Waals surface area contributed by atoms with Gasteiger partial charge in [0.1, 0.15) is 18.2 Å². The quantitative estimate of drug-likeness (QED) is 0.511. The van der Waals surface area contributed by atoms with E-state index in [1.807, 2.05) is 36.9 Å². The van der Waals surface area contributed by atoms with Crippen LogP contribution >= 0.6 is 0 Å². The van der Waals surface area contributed by atoms with Gasteiger partial charge in [-0.3, -0.25) is 4.90 Å². The molecule has 2 aliphatic heterocycles. The summed E-state index contributed by atoms with van der Waals surface area (Å²) < 4.78 is 2.00. The Hall–Kier alpha value is -2.68. The maximum Gasteiger partial charge on any atom is 0.192 e. The maximum absolute atomic E-state index is 4.86. The summed E-state index contributed by atoms with van der Waals surface area (Å²) in [5.74, 6) is 3.67. The molecular weight excluding hydrogens is 390 g/mol. The van der Waals surface area contributed by atoms with E-state index in [2.05, 4.69) is 48.6 Å². The van der Waals surface area contributed by atoms with Gasteiger partial charge < -0.3 is 20.1 Å². The Bertz CT molecular complexity index is 863. The van der Waals surface area contributed by atoms with E-state index in [-0.39, 0.29) is 0 Å². The molecule has 9 nitrogen and oxygen atoms in total. The van der Waals surface area contributed by atoms with Crippen LogP contribution in [0.5, 0.6) is 0 Å². The van der Waals surface area contributed by atoms with E-state index in [9.17, 15) is 0 Å². The number of hydrogen-bond acceptors (Lipinski definition) is 6. The topological polar surface area (TPSA) is 86.5 Å². The predicted octanol–water partition coefficient (Wildman–Crippen LogP) is 1.32. The molecule has 2 atom stereocenters. The Kier molecular flexibility index (Phi) is 7.01. The number of likely N-dealkylation sites (tertiary alicyclic amines) is 1. The molecule has 9 heteroatoms. The van der Waals surface area contributed by atoms with Crippen molar-refractivity contribution in [3.63, 3.8) is 0 Å². The number of likely N-dealkylation sites (N-methyl/N-ethyl adjacent to an activating group) is 1. The summed E-state index contributed by atoms with van der Waals surface area (Å²) in [6.45, 7) is 9.84. The molecule has 2 saturated heterocycles. The summed E-state index contributed by atoms with van der Waals surface area (Å²) >= 11 is 0. The maximum atomic E-state index is 4.86. The number of pyridine rings is 1. The average molecular weight is 426 g/mol. The van der Waals surface area contributed by atoms with Crippen molar-refractivity contribution in [1.29, 1.82) is 0 Å². The van der Waals surface area contributed by atoms with Crippen LogP contribution in [0.3, 0.4) is 0 Å². The molecule has 2 aliphatic rings. The first-order valence-electron chi connectivity index (χ1n) is 11.4. The SMILES string of the molecule is CCN1CCCC1CNC(=NCc1nnc(C)n1C)NC1CCN(c2ccccn2)C1. The third kappa shape index (κ3) is 5.33. The molecule has 0 aliphatic carbocycles. The van der Waals surface area contributed by atoms with Gasteiger partial charge in [0.25, 0.3) is 0 Å². The highest BCUT2D eigenvalue weighted by Crippen LogP contribution is 2.18. The largest absolute Gasteiger partial charge is 0.355 e. The molecule has 0 spiro atoms. The lowest BCUT2D eigenvalue weighted by Crippen LogP contribution is -2.48. The summed E-state index contributed by atoms with van der Waals surface area (Å²) in [6.07, 6.45) is 5.44. The first kappa shape index (κ1) is 21.5. The summed E-state index contributed by atoms with van der Waals surface area (Å²) in [5, 5.41) is 15.7. The monoisotopic (exact) mass is 425 g/mol. The highest BCUT2D eigenvalue weighted by Gasteiger charge is 2.26. The fourth-order valence-electron chi connectivity index (χ4n) is 4.47. The van der Waals surface area contributed by atoms with Gasteiger partial charge in [-0.05, 0) is 51.4 Å². The number of nitrogens with zero attached hydrogens (tertiary/aromatic N) is 7. The lowest BCUT2D eigenvalue weighted by Gasteiger charge is -2.25. The van der Waals surface area contributed by atoms with Gasteiger partial charge in [0.2, 0.25) is 0 Å². The van der Waals surface area contributed by atoms with Crippen LogP contribution in [0.2, 0.25) is 0 Å². The molecule has 0 radical (unpaired) electrons. The number of guanidine groups is 1.